The van der Waals surface area contributed by atoms with E-state index in [0.717, 1.165) is 30.0 Å². The molecule has 0 bridgehead atoms. The molecule has 1 aromatic carbocycles. The molecule has 0 atom stereocenters. The lowest BCUT2D eigenvalue weighted by Crippen LogP contribution is -2.42. The number of amides is 1. The van der Waals surface area contributed by atoms with Gasteiger partial charge in [0.25, 0.3) is 0 Å². The van der Waals surface area contributed by atoms with Crippen molar-refractivity contribution >= 4 is 23.5 Å². The Kier molecular flexibility index (Phi) is 6.90. The Hall–Kier alpha value is -2.83. The van der Waals surface area contributed by atoms with E-state index < -0.39 is 0 Å². The molecule has 2 aromatic rings. The summed E-state index contributed by atoms with van der Waals surface area (Å²) in [6.45, 7) is 9.94. The zero-order chi connectivity index (χ0) is 20.8. The summed E-state index contributed by atoms with van der Waals surface area (Å²) in [4.78, 5) is 22.7. The van der Waals surface area contributed by atoms with Crippen LogP contribution in [0.4, 0.5) is 22.2 Å². The van der Waals surface area contributed by atoms with Crippen LogP contribution in [0, 0.1) is 6.92 Å². The summed E-state index contributed by atoms with van der Waals surface area (Å²) >= 11 is 0. The van der Waals surface area contributed by atoms with E-state index in [-0.39, 0.29) is 12.1 Å². The summed E-state index contributed by atoms with van der Waals surface area (Å²) in [6, 6.07) is 10.6. The SMILES string of the molecule is CCOC(=O)N1CCC(Nc2cc(C)nc(Nc3ccc(C(C)C)cc3)n2)CC1. The number of hydrogen-bond donors (Lipinski definition) is 2. The van der Waals surface area contributed by atoms with Crippen molar-refractivity contribution in [2.45, 2.75) is 52.5 Å². The van der Waals surface area contributed by atoms with Crippen LogP contribution in [0.15, 0.2) is 30.3 Å². The number of likely N-dealkylation sites (tertiary alicyclic amines) is 1. The molecular weight excluding hydrogens is 366 g/mol. The van der Waals surface area contributed by atoms with E-state index in [1.165, 1.54) is 5.56 Å². The molecule has 1 saturated heterocycles. The van der Waals surface area contributed by atoms with Gasteiger partial charge in [0, 0.05) is 36.6 Å². The molecule has 3 rings (SSSR count). The predicted octanol–water partition coefficient (Wildman–Crippen LogP) is 4.68. The molecule has 1 aliphatic rings. The Morgan fingerprint density at radius 3 is 2.52 bits per heavy atom. The van der Waals surface area contributed by atoms with Gasteiger partial charge in [0.15, 0.2) is 0 Å². The van der Waals surface area contributed by atoms with Crippen LogP contribution in [-0.4, -0.2) is 46.7 Å². The van der Waals surface area contributed by atoms with E-state index in [9.17, 15) is 4.79 Å². The van der Waals surface area contributed by atoms with Crippen molar-refractivity contribution in [3.8, 4) is 0 Å². The second-order valence-electron chi connectivity index (χ2n) is 7.72. The van der Waals surface area contributed by atoms with Crippen LogP contribution in [0.2, 0.25) is 0 Å². The molecular formula is C22H31N5O2. The average molecular weight is 398 g/mol. The number of nitrogens with one attached hydrogen (secondary N) is 2. The molecule has 0 aliphatic carbocycles. The van der Waals surface area contributed by atoms with Crippen LogP contribution in [0.5, 0.6) is 0 Å². The molecule has 1 amide bonds. The Labute approximate surface area is 172 Å². The normalized spacial score (nSPS) is 14.7. The van der Waals surface area contributed by atoms with E-state index in [1.54, 1.807) is 4.90 Å². The lowest BCUT2D eigenvalue weighted by atomic mass is 10.0. The molecule has 1 fully saturated rings. The fourth-order valence-electron chi connectivity index (χ4n) is 3.41. The van der Waals surface area contributed by atoms with Gasteiger partial charge in [-0.1, -0.05) is 26.0 Å². The van der Waals surface area contributed by atoms with E-state index in [2.05, 4.69) is 58.7 Å². The van der Waals surface area contributed by atoms with Crippen molar-refractivity contribution in [1.82, 2.24) is 14.9 Å². The molecule has 1 aromatic heterocycles. The third kappa shape index (κ3) is 5.82. The highest BCUT2D eigenvalue weighted by Gasteiger charge is 2.23. The largest absolute Gasteiger partial charge is 0.450 e. The minimum absolute atomic E-state index is 0.223. The quantitative estimate of drug-likeness (QED) is 0.736. The first kappa shape index (κ1) is 20.9. The minimum atomic E-state index is -0.223. The number of piperidine rings is 1. The maximum absolute atomic E-state index is 11.8. The predicted molar refractivity (Wildman–Crippen MR) is 116 cm³/mol. The van der Waals surface area contributed by atoms with Gasteiger partial charge in [-0.15, -0.1) is 0 Å². The summed E-state index contributed by atoms with van der Waals surface area (Å²) in [5.41, 5.74) is 3.17. The van der Waals surface area contributed by atoms with Gasteiger partial charge in [0.05, 0.1) is 6.61 Å². The Morgan fingerprint density at radius 1 is 1.21 bits per heavy atom. The van der Waals surface area contributed by atoms with Crippen LogP contribution in [0.1, 0.15) is 50.8 Å². The Balaban J connectivity index is 1.60. The van der Waals surface area contributed by atoms with Crippen molar-refractivity contribution in [3.05, 3.63) is 41.6 Å². The number of carbonyl (C=O) groups excluding carboxylic acids is 1. The second-order valence-corrected chi connectivity index (χ2v) is 7.72. The number of nitrogens with zero attached hydrogens (tertiary/aromatic N) is 3. The van der Waals surface area contributed by atoms with Gasteiger partial charge in [0.2, 0.25) is 5.95 Å². The van der Waals surface area contributed by atoms with Gasteiger partial charge in [0.1, 0.15) is 5.82 Å². The first-order valence-electron chi connectivity index (χ1n) is 10.4. The molecule has 7 nitrogen and oxygen atoms in total. The van der Waals surface area contributed by atoms with Gasteiger partial charge < -0.3 is 20.3 Å². The average Bonchev–Trinajstić information content (AvgIpc) is 2.68. The minimum Gasteiger partial charge on any atom is -0.450 e. The number of hydrogen-bond acceptors (Lipinski definition) is 6. The third-order valence-electron chi connectivity index (χ3n) is 5.06. The van der Waals surface area contributed by atoms with E-state index in [1.807, 2.05) is 19.9 Å². The van der Waals surface area contributed by atoms with Gasteiger partial charge in [-0.25, -0.2) is 9.78 Å². The van der Waals surface area contributed by atoms with Gasteiger partial charge in [-0.3, -0.25) is 0 Å². The van der Waals surface area contributed by atoms with Crippen LogP contribution < -0.4 is 10.6 Å². The number of anilines is 3. The van der Waals surface area contributed by atoms with Crippen molar-refractivity contribution in [3.63, 3.8) is 0 Å². The van der Waals surface area contributed by atoms with Gasteiger partial charge >= 0.3 is 6.09 Å². The van der Waals surface area contributed by atoms with Crippen molar-refractivity contribution < 1.29 is 9.53 Å². The van der Waals surface area contributed by atoms with Crippen molar-refractivity contribution in [1.29, 1.82) is 0 Å². The number of carbonyl (C=O) groups is 1. The van der Waals surface area contributed by atoms with Crippen molar-refractivity contribution in [2.24, 2.45) is 0 Å². The monoisotopic (exact) mass is 397 g/mol. The van der Waals surface area contributed by atoms with Gasteiger partial charge in [-0.05, 0) is 50.3 Å². The van der Waals surface area contributed by atoms with E-state index >= 15 is 0 Å². The standard InChI is InChI=1S/C22H31N5O2/c1-5-29-22(28)27-12-10-19(11-13-27)24-20-14-16(4)23-21(26-20)25-18-8-6-17(7-9-18)15(2)3/h6-9,14-15,19H,5,10-13H2,1-4H3,(H2,23,24,25,26). The summed E-state index contributed by atoms with van der Waals surface area (Å²) in [6.07, 6.45) is 1.50. The molecule has 2 heterocycles. The summed E-state index contributed by atoms with van der Waals surface area (Å²) in [5, 5.41) is 6.79. The number of aryl methyl sites for hydroxylation is 1. The molecule has 7 heteroatoms. The zero-order valence-electron chi connectivity index (χ0n) is 17.7. The maximum atomic E-state index is 11.8. The summed E-state index contributed by atoms with van der Waals surface area (Å²) in [5.74, 6) is 1.88. The lowest BCUT2D eigenvalue weighted by molar-refractivity contribution is 0.0983. The number of aromatic nitrogens is 2. The first-order chi connectivity index (χ1) is 13.9. The molecule has 1 aliphatic heterocycles. The number of benzene rings is 1. The third-order valence-corrected chi connectivity index (χ3v) is 5.06. The lowest BCUT2D eigenvalue weighted by Gasteiger charge is -2.31. The van der Waals surface area contributed by atoms with Crippen molar-refractivity contribution in [2.75, 3.05) is 30.3 Å². The highest BCUT2D eigenvalue weighted by Crippen LogP contribution is 2.21. The second kappa shape index (κ2) is 9.58. The number of rotatable bonds is 6. The van der Waals surface area contributed by atoms with Crippen LogP contribution in [0.3, 0.4) is 0 Å². The molecule has 2 N–H and O–H groups in total. The summed E-state index contributed by atoms with van der Waals surface area (Å²) in [7, 11) is 0. The zero-order valence-corrected chi connectivity index (χ0v) is 17.7. The van der Waals surface area contributed by atoms with Crippen LogP contribution >= 0.6 is 0 Å². The fourth-order valence-corrected chi connectivity index (χ4v) is 3.41. The molecule has 0 unspecified atom stereocenters. The molecule has 0 spiro atoms. The summed E-state index contributed by atoms with van der Waals surface area (Å²) < 4.78 is 5.08. The van der Waals surface area contributed by atoms with E-state index in [4.69, 9.17) is 4.74 Å². The molecule has 29 heavy (non-hydrogen) atoms. The molecule has 0 radical (unpaired) electrons. The topological polar surface area (TPSA) is 79.4 Å². The Morgan fingerprint density at radius 2 is 1.90 bits per heavy atom. The highest BCUT2D eigenvalue weighted by atomic mass is 16.6. The highest BCUT2D eigenvalue weighted by molar-refractivity contribution is 5.67. The van der Waals surface area contributed by atoms with Crippen LogP contribution in [-0.2, 0) is 4.74 Å². The molecule has 0 saturated carbocycles. The first-order valence-corrected chi connectivity index (χ1v) is 10.4. The smallest absolute Gasteiger partial charge is 0.409 e. The van der Waals surface area contributed by atoms with Gasteiger partial charge in [-0.2, -0.15) is 4.98 Å². The number of ether oxygens (including phenoxy) is 1. The van der Waals surface area contributed by atoms with E-state index in [0.29, 0.717) is 31.6 Å². The maximum Gasteiger partial charge on any atom is 0.409 e. The van der Waals surface area contributed by atoms with Crippen LogP contribution in [0.25, 0.3) is 0 Å². The fraction of sp³-hybridized carbons (Fsp3) is 0.500. The Bertz CT molecular complexity index is 814. The molecule has 156 valence electrons.